The Morgan fingerprint density at radius 3 is 2.95 bits per heavy atom. The monoisotopic (exact) mass is 294 g/mol. The molecule has 0 radical (unpaired) electrons. The zero-order valence-electron chi connectivity index (χ0n) is 11.8. The standard InChI is InChI=1S/C17H14N2O3/c20-17(15-9-4-10-21-15)22-19-14-8-3-6-12-11-5-1-2-7-13(11)18-16(12)14/h1-2,4-5,7,9-10,18H,3,6,8H2. The van der Waals surface area contributed by atoms with Gasteiger partial charge in [0.2, 0.25) is 5.76 Å². The van der Waals surface area contributed by atoms with Gasteiger partial charge in [-0.3, -0.25) is 0 Å². The number of rotatable bonds is 2. The lowest BCUT2D eigenvalue weighted by Crippen LogP contribution is -2.13. The van der Waals surface area contributed by atoms with Crippen molar-refractivity contribution in [3.8, 4) is 0 Å². The van der Waals surface area contributed by atoms with Crippen LogP contribution in [0, 0.1) is 0 Å². The molecule has 3 aromatic rings. The first-order valence-electron chi connectivity index (χ1n) is 7.24. The van der Waals surface area contributed by atoms with Crippen LogP contribution in [0.2, 0.25) is 0 Å². The van der Waals surface area contributed by atoms with Gasteiger partial charge >= 0.3 is 5.97 Å². The van der Waals surface area contributed by atoms with Crippen molar-refractivity contribution in [1.82, 2.24) is 4.98 Å². The Balaban J connectivity index is 1.67. The number of H-pyrrole nitrogens is 1. The number of benzene rings is 1. The van der Waals surface area contributed by atoms with E-state index in [0.717, 1.165) is 36.2 Å². The number of furan rings is 1. The van der Waals surface area contributed by atoms with Crippen LogP contribution in [0.5, 0.6) is 0 Å². The topological polar surface area (TPSA) is 67.6 Å². The summed E-state index contributed by atoms with van der Waals surface area (Å²) >= 11 is 0. The zero-order valence-corrected chi connectivity index (χ0v) is 11.8. The highest BCUT2D eigenvalue weighted by molar-refractivity contribution is 6.06. The highest BCUT2D eigenvalue weighted by atomic mass is 16.7. The van der Waals surface area contributed by atoms with Gasteiger partial charge in [0, 0.05) is 10.9 Å². The summed E-state index contributed by atoms with van der Waals surface area (Å²) in [6.07, 6.45) is 4.21. The quantitative estimate of drug-likeness (QED) is 0.579. The van der Waals surface area contributed by atoms with E-state index in [4.69, 9.17) is 9.25 Å². The van der Waals surface area contributed by atoms with Gasteiger partial charge in [0.25, 0.3) is 0 Å². The molecule has 1 N–H and O–H groups in total. The second-order valence-electron chi connectivity index (χ2n) is 5.27. The first-order valence-corrected chi connectivity index (χ1v) is 7.24. The fourth-order valence-electron chi connectivity index (χ4n) is 2.89. The van der Waals surface area contributed by atoms with E-state index < -0.39 is 5.97 Å². The molecule has 22 heavy (non-hydrogen) atoms. The molecule has 0 saturated heterocycles. The Hall–Kier alpha value is -2.82. The number of oxime groups is 1. The summed E-state index contributed by atoms with van der Waals surface area (Å²) in [6.45, 7) is 0. The molecule has 5 nitrogen and oxygen atoms in total. The maximum atomic E-state index is 11.8. The molecule has 0 aliphatic heterocycles. The normalized spacial score (nSPS) is 15.9. The summed E-state index contributed by atoms with van der Waals surface area (Å²) in [4.78, 5) is 20.2. The number of nitrogens with zero attached hydrogens (tertiary/aromatic N) is 1. The molecule has 1 aliphatic rings. The molecule has 0 fully saturated rings. The Kier molecular flexibility index (Phi) is 3.04. The van der Waals surface area contributed by atoms with Crippen molar-refractivity contribution in [3.63, 3.8) is 0 Å². The Bertz CT molecular complexity index is 859. The molecule has 110 valence electrons. The van der Waals surface area contributed by atoms with Crippen LogP contribution in [0.4, 0.5) is 0 Å². The lowest BCUT2D eigenvalue weighted by molar-refractivity contribution is 0.0479. The molecule has 2 heterocycles. The van der Waals surface area contributed by atoms with E-state index in [1.807, 2.05) is 18.2 Å². The van der Waals surface area contributed by atoms with E-state index in [-0.39, 0.29) is 5.76 Å². The summed E-state index contributed by atoms with van der Waals surface area (Å²) in [5.41, 5.74) is 4.08. The number of hydrogen-bond donors (Lipinski definition) is 1. The molecule has 5 heteroatoms. The van der Waals surface area contributed by atoms with Crippen LogP contribution in [0.25, 0.3) is 10.9 Å². The van der Waals surface area contributed by atoms with Gasteiger partial charge in [-0.15, -0.1) is 0 Å². The molecule has 0 atom stereocenters. The minimum Gasteiger partial charge on any atom is -0.457 e. The number of aromatic amines is 1. The van der Waals surface area contributed by atoms with E-state index in [1.54, 1.807) is 12.1 Å². The number of carbonyl (C=O) groups is 1. The van der Waals surface area contributed by atoms with Crippen LogP contribution in [0.15, 0.2) is 52.2 Å². The molecule has 0 spiro atoms. The van der Waals surface area contributed by atoms with Gasteiger partial charge in [-0.05, 0) is 43.0 Å². The van der Waals surface area contributed by atoms with Crippen LogP contribution in [-0.4, -0.2) is 16.7 Å². The third-order valence-corrected chi connectivity index (χ3v) is 3.90. The molecule has 4 rings (SSSR count). The van der Waals surface area contributed by atoms with Crippen LogP contribution < -0.4 is 0 Å². The Labute approximate surface area is 126 Å². The molecule has 0 bridgehead atoms. The van der Waals surface area contributed by atoms with Crippen molar-refractivity contribution in [2.75, 3.05) is 0 Å². The molecule has 0 saturated carbocycles. The number of nitrogens with one attached hydrogen (secondary N) is 1. The highest BCUT2D eigenvalue weighted by Gasteiger charge is 2.21. The molecular weight excluding hydrogens is 280 g/mol. The Morgan fingerprint density at radius 2 is 2.09 bits per heavy atom. The molecule has 2 aromatic heterocycles. The van der Waals surface area contributed by atoms with Crippen molar-refractivity contribution in [1.29, 1.82) is 0 Å². The molecule has 0 unspecified atom stereocenters. The average Bonchev–Trinajstić information content (AvgIpc) is 3.20. The van der Waals surface area contributed by atoms with Gasteiger partial charge in [-0.25, -0.2) is 4.79 Å². The predicted octanol–water partition coefficient (Wildman–Crippen LogP) is 3.66. The van der Waals surface area contributed by atoms with Gasteiger partial charge in [0.15, 0.2) is 0 Å². The summed E-state index contributed by atoms with van der Waals surface area (Å²) in [5, 5.41) is 5.26. The smallest absolute Gasteiger partial charge is 0.400 e. The summed E-state index contributed by atoms with van der Waals surface area (Å²) in [7, 11) is 0. The van der Waals surface area contributed by atoms with Crippen LogP contribution in [0.3, 0.4) is 0 Å². The number of fused-ring (bicyclic) bond motifs is 3. The fourth-order valence-corrected chi connectivity index (χ4v) is 2.89. The number of para-hydroxylation sites is 1. The summed E-state index contributed by atoms with van der Waals surface area (Å²) in [5.74, 6) is -0.433. The zero-order chi connectivity index (χ0) is 14.9. The number of aryl methyl sites for hydroxylation is 1. The fraction of sp³-hybridized carbons (Fsp3) is 0.176. The first-order chi connectivity index (χ1) is 10.8. The lowest BCUT2D eigenvalue weighted by Gasteiger charge is -2.13. The lowest BCUT2D eigenvalue weighted by atomic mass is 9.94. The minimum atomic E-state index is -0.583. The minimum absolute atomic E-state index is 0.150. The second-order valence-corrected chi connectivity index (χ2v) is 5.27. The molecule has 0 amide bonds. The van der Waals surface area contributed by atoms with Gasteiger partial charge in [-0.1, -0.05) is 23.4 Å². The van der Waals surface area contributed by atoms with Gasteiger partial charge in [0.1, 0.15) is 5.71 Å². The van der Waals surface area contributed by atoms with Gasteiger partial charge in [-0.2, -0.15) is 0 Å². The van der Waals surface area contributed by atoms with E-state index in [1.165, 1.54) is 17.2 Å². The highest BCUT2D eigenvalue weighted by Crippen LogP contribution is 2.29. The number of aromatic nitrogens is 1. The van der Waals surface area contributed by atoms with Crippen LogP contribution in [0.1, 0.15) is 34.7 Å². The van der Waals surface area contributed by atoms with E-state index >= 15 is 0 Å². The molecule has 1 aliphatic carbocycles. The summed E-state index contributed by atoms with van der Waals surface area (Å²) < 4.78 is 5.00. The third kappa shape index (κ3) is 2.11. The first kappa shape index (κ1) is 12.9. The third-order valence-electron chi connectivity index (χ3n) is 3.90. The predicted molar refractivity (Wildman–Crippen MR) is 81.9 cm³/mol. The maximum absolute atomic E-state index is 11.8. The number of carbonyl (C=O) groups excluding carboxylic acids is 1. The van der Waals surface area contributed by atoms with Gasteiger partial charge in [0.05, 0.1) is 12.0 Å². The largest absolute Gasteiger partial charge is 0.457 e. The van der Waals surface area contributed by atoms with Crippen LogP contribution in [-0.2, 0) is 11.3 Å². The molecular formula is C17H14N2O3. The Morgan fingerprint density at radius 1 is 1.18 bits per heavy atom. The van der Waals surface area contributed by atoms with Crippen molar-refractivity contribution < 1.29 is 14.0 Å². The van der Waals surface area contributed by atoms with Crippen molar-refractivity contribution in [3.05, 3.63) is 59.7 Å². The van der Waals surface area contributed by atoms with E-state index in [9.17, 15) is 4.79 Å². The van der Waals surface area contributed by atoms with Crippen molar-refractivity contribution >= 4 is 22.6 Å². The van der Waals surface area contributed by atoms with E-state index in [0.29, 0.717) is 0 Å². The summed E-state index contributed by atoms with van der Waals surface area (Å²) in [6, 6.07) is 11.4. The second kappa shape index (κ2) is 5.18. The molecule has 1 aromatic carbocycles. The van der Waals surface area contributed by atoms with Crippen molar-refractivity contribution in [2.24, 2.45) is 5.16 Å². The van der Waals surface area contributed by atoms with Crippen molar-refractivity contribution in [2.45, 2.75) is 19.3 Å². The SMILES string of the molecule is O=C(ON=C1CCCc2c1[nH]c1ccccc21)c1ccco1. The average molecular weight is 294 g/mol. The maximum Gasteiger partial charge on any atom is 0.400 e. The van der Waals surface area contributed by atoms with E-state index in [2.05, 4.69) is 16.2 Å². The van der Waals surface area contributed by atoms with Crippen LogP contribution >= 0.6 is 0 Å². The number of hydrogen-bond acceptors (Lipinski definition) is 4. The van der Waals surface area contributed by atoms with Gasteiger partial charge < -0.3 is 14.2 Å².